The lowest BCUT2D eigenvalue weighted by Crippen LogP contribution is -2.22. The van der Waals surface area contributed by atoms with E-state index in [0.29, 0.717) is 12.2 Å². The highest BCUT2D eigenvalue weighted by atomic mass is 35.5. The summed E-state index contributed by atoms with van der Waals surface area (Å²) in [5, 5.41) is 8.27. The number of hydrogen-bond donors (Lipinski definition) is 2. The molecule has 3 aromatic carbocycles. The van der Waals surface area contributed by atoms with Gasteiger partial charge in [-0.1, -0.05) is 35.9 Å². The normalized spacial score (nSPS) is 11.4. The molecule has 0 radical (unpaired) electrons. The van der Waals surface area contributed by atoms with Crippen LogP contribution in [0.4, 0.5) is 24.5 Å². The van der Waals surface area contributed by atoms with E-state index in [1.165, 1.54) is 19.1 Å². The van der Waals surface area contributed by atoms with Crippen LogP contribution in [-0.2, 0) is 11.2 Å². The summed E-state index contributed by atoms with van der Waals surface area (Å²) in [6, 6.07) is 16.2. The molecule has 0 aromatic heterocycles. The average molecular weight is 437 g/mol. The molecule has 0 bridgehead atoms. The Morgan fingerprint density at radius 3 is 2.47 bits per heavy atom. The number of alkyl halides is 3. The highest BCUT2D eigenvalue weighted by Crippen LogP contribution is 2.31. The van der Waals surface area contributed by atoms with Crippen molar-refractivity contribution in [2.24, 2.45) is 0 Å². The molecule has 0 aliphatic heterocycles. The van der Waals surface area contributed by atoms with E-state index in [4.69, 9.17) is 16.3 Å². The molecule has 158 valence electrons. The van der Waals surface area contributed by atoms with Crippen LogP contribution in [0.2, 0.25) is 5.02 Å². The van der Waals surface area contributed by atoms with Gasteiger partial charge in [0.1, 0.15) is 5.75 Å². The number of ether oxygens (including phenoxy) is 1. The lowest BCUT2D eigenvalue weighted by molar-refractivity contribution is -0.153. The van der Waals surface area contributed by atoms with E-state index in [0.717, 1.165) is 28.4 Å². The summed E-state index contributed by atoms with van der Waals surface area (Å²) in [6.07, 6.45) is -3.66. The van der Waals surface area contributed by atoms with Crippen molar-refractivity contribution >= 4 is 39.7 Å². The molecule has 0 saturated heterocycles. The van der Waals surface area contributed by atoms with Gasteiger partial charge in [-0.2, -0.15) is 13.2 Å². The predicted octanol–water partition coefficient (Wildman–Crippen LogP) is 5.86. The van der Waals surface area contributed by atoms with E-state index in [1.54, 1.807) is 6.07 Å². The Morgan fingerprint density at radius 2 is 1.77 bits per heavy atom. The van der Waals surface area contributed by atoms with Crippen LogP contribution in [0.5, 0.6) is 5.75 Å². The Bertz CT molecular complexity index is 1050. The van der Waals surface area contributed by atoms with Crippen LogP contribution in [0.25, 0.3) is 10.8 Å². The van der Waals surface area contributed by atoms with Gasteiger partial charge in [0.15, 0.2) is 6.61 Å². The second-order valence-corrected chi connectivity index (χ2v) is 7.21. The number of fused-ring (bicyclic) bond motifs is 1. The van der Waals surface area contributed by atoms with Gasteiger partial charge >= 0.3 is 6.18 Å². The molecule has 0 unspecified atom stereocenters. The summed E-state index contributed by atoms with van der Waals surface area (Å²) in [5.41, 5.74) is 2.47. The Balaban J connectivity index is 1.69. The second-order valence-electron chi connectivity index (χ2n) is 6.80. The van der Waals surface area contributed by atoms with Crippen molar-refractivity contribution in [1.82, 2.24) is 5.32 Å². The van der Waals surface area contributed by atoms with Gasteiger partial charge in [-0.15, -0.1) is 0 Å². The molecule has 1 amide bonds. The molecule has 0 aliphatic carbocycles. The maximum Gasteiger partial charge on any atom is 0.422 e. The zero-order valence-electron chi connectivity index (χ0n) is 16.1. The van der Waals surface area contributed by atoms with Crippen molar-refractivity contribution in [3.8, 4) is 5.75 Å². The minimum absolute atomic E-state index is 0.0492. The first kappa shape index (κ1) is 21.8. The average Bonchev–Trinajstić information content (AvgIpc) is 2.67. The number of carbonyl (C=O) groups is 1. The van der Waals surface area contributed by atoms with E-state index >= 15 is 0 Å². The second kappa shape index (κ2) is 9.26. The fraction of sp³-hybridized carbons (Fsp3) is 0.227. The molecule has 30 heavy (non-hydrogen) atoms. The van der Waals surface area contributed by atoms with Crippen molar-refractivity contribution in [2.45, 2.75) is 19.5 Å². The Hall–Kier alpha value is -2.93. The highest BCUT2D eigenvalue weighted by Gasteiger charge is 2.28. The van der Waals surface area contributed by atoms with E-state index in [9.17, 15) is 18.0 Å². The van der Waals surface area contributed by atoms with Crippen molar-refractivity contribution in [3.05, 3.63) is 65.2 Å². The number of rotatable bonds is 7. The van der Waals surface area contributed by atoms with Gasteiger partial charge in [0, 0.05) is 25.2 Å². The summed E-state index contributed by atoms with van der Waals surface area (Å²) in [4.78, 5) is 11.0. The molecule has 0 atom stereocenters. The Morgan fingerprint density at radius 1 is 1.03 bits per heavy atom. The van der Waals surface area contributed by atoms with E-state index < -0.39 is 12.8 Å². The minimum Gasteiger partial charge on any atom is -0.484 e. The molecule has 3 aromatic rings. The Labute approximate surface area is 177 Å². The van der Waals surface area contributed by atoms with Crippen molar-refractivity contribution in [1.29, 1.82) is 0 Å². The monoisotopic (exact) mass is 436 g/mol. The third kappa shape index (κ3) is 6.29. The SMILES string of the molecule is CC(=O)NCCc1ccc2cc(Nc3ccc(OCC(F)(F)F)cc3Cl)ccc2c1. The fourth-order valence-corrected chi connectivity index (χ4v) is 3.14. The van der Waals surface area contributed by atoms with Crippen LogP contribution in [0.1, 0.15) is 12.5 Å². The molecule has 3 rings (SSSR count). The fourth-order valence-electron chi connectivity index (χ4n) is 2.92. The third-order valence-electron chi connectivity index (χ3n) is 4.31. The molecule has 0 heterocycles. The van der Waals surface area contributed by atoms with Crippen LogP contribution in [0.3, 0.4) is 0 Å². The summed E-state index contributed by atoms with van der Waals surface area (Å²) in [6.45, 7) is 0.708. The molecular formula is C22H20ClF3N2O2. The molecule has 0 fully saturated rings. The van der Waals surface area contributed by atoms with Crippen LogP contribution < -0.4 is 15.4 Å². The lowest BCUT2D eigenvalue weighted by atomic mass is 10.0. The number of carbonyl (C=O) groups excluding carboxylic acids is 1. The van der Waals surface area contributed by atoms with Crippen molar-refractivity contribution < 1.29 is 22.7 Å². The summed E-state index contributed by atoms with van der Waals surface area (Å²) >= 11 is 6.19. The summed E-state index contributed by atoms with van der Waals surface area (Å²) in [7, 11) is 0. The third-order valence-corrected chi connectivity index (χ3v) is 4.63. The van der Waals surface area contributed by atoms with Crippen LogP contribution >= 0.6 is 11.6 Å². The van der Waals surface area contributed by atoms with Gasteiger partial charge in [-0.05, 0) is 47.0 Å². The molecular weight excluding hydrogens is 417 g/mol. The first-order chi connectivity index (χ1) is 14.2. The summed E-state index contributed by atoms with van der Waals surface area (Å²) < 4.78 is 41.5. The maximum absolute atomic E-state index is 12.3. The number of hydrogen-bond acceptors (Lipinski definition) is 3. The molecule has 0 aliphatic rings. The molecule has 0 saturated carbocycles. The topological polar surface area (TPSA) is 50.4 Å². The van der Waals surface area contributed by atoms with Crippen molar-refractivity contribution in [3.63, 3.8) is 0 Å². The van der Waals surface area contributed by atoms with Crippen LogP contribution in [0.15, 0.2) is 54.6 Å². The number of amides is 1. The predicted molar refractivity (Wildman–Crippen MR) is 113 cm³/mol. The van der Waals surface area contributed by atoms with Gasteiger partial charge in [0.25, 0.3) is 0 Å². The lowest BCUT2D eigenvalue weighted by Gasteiger charge is -2.13. The quantitative estimate of drug-likeness (QED) is 0.488. The first-order valence-corrected chi connectivity index (χ1v) is 9.61. The first-order valence-electron chi connectivity index (χ1n) is 9.23. The van der Waals surface area contributed by atoms with Gasteiger partial charge in [0.2, 0.25) is 5.91 Å². The van der Waals surface area contributed by atoms with E-state index in [-0.39, 0.29) is 16.7 Å². The van der Waals surface area contributed by atoms with E-state index in [2.05, 4.69) is 16.7 Å². The van der Waals surface area contributed by atoms with Gasteiger partial charge in [0.05, 0.1) is 10.7 Å². The molecule has 0 spiro atoms. The van der Waals surface area contributed by atoms with Gasteiger partial charge < -0.3 is 15.4 Å². The molecule has 4 nitrogen and oxygen atoms in total. The number of nitrogens with one attached hydrogen (secondary N) is 2. The zero-order chi connectivity index (χ0) is 21.7. The largest absolute Gasteiger partial charge is 0.484 e. The summed E-state index contributed by atoms with van der Waals surface area (Å²) in [5.74, 6) is -0.00158. The highest BCUT2D eigenvalue weighted by molar-refractivity contribution is 6.33. The zero-order valence-corrected chi connectivity index (χ0v) is 16.9. The number of benzene rings is 3. The maximum atomic E-state index is 12.3. The van der Waals surface area contributed by atoms with Gasteiger partial charge in [-0.25, -0.2) is 0 Å². The van der Waals surface area contributed by atoms with Crippen LogP contribution in [0, 0.1) is 0 Å². The molecule has 8 heteroatoms. The number of halogens is 4. The number of anilines is 2. The minimum atomic E-state index is -4.40. The Kier molecular flexibility index (Phi) is 6.72. The standard InChI is InChI=1S/C22H20ClF3N2O2/c1-14(29)27-9-8-15-2-3-17-11-18(5-4-16(17)10-15)28-21-7-6-19(12-20(21)23)30-13-22(24,25)26/h2-7,10-12,28H,8-9,13H2,1H3,(H,27,29). The molecule has 2 N–H and O–H groups in total. The van der Waals surface area contributed by atoms with Crippen LogP contribution in [-0.4, -0.2) is 25.2 Å². The van der Waals surface area contributed by atoms with Crippen molar-refractivity contribution in [2.75, 3.05) is 18.5 Å². The van der Waals surface area contributed by atoms with Gasteiger partial charge in [-0.3, -0.25) is 4.79 Å². The van der Waals surface area contributed by atoms with E-state index in [1.807, 2.05) is 30.3 Å². The smallest absolute Gasteiger partial charge is 0.422 e.